The quantitative estimate of drug-likeness (QED) is 0.116. The molecular weight excluding hydrogens is 456 g/mol. The van der Waals surface area contributed by atoms with Crippen molar-refractivity contribution in [1.82, 2.24) is 10.6 Å². The monoisotopic (exact) mass is 494 g/mol. The third-order valence-electron chi connectivity index (χ3n) is 5.46. The zero-order valence-corrected chi connectivity index (χ0v) is 20.6. The van der Waals surface area contributed by atoms with E-state index in [0.29, 0.717) is 44.7 Å². The molecule has 2 heterocycles. The van der Waals surface area contributed by atoms with Crippen LogP contribution in [0.2, 0.25) is 0 Å². The number of esters is 1. The Labute approximate surface area is 201 Å². The summed E-state index contributed by atoms with van der Waals surface area (Å²) in [6, 6.07) is 0.420. The number of urea groups is 1. The number of fused-ring (bicyclic) bond motifs is 1. The van der Waals surface area contributed by atoms with Crippen molar-refractivity contribution >= 4 is 35.4 Å². The van der Waals surface area contributed by atoms with Crippen LogP contribution in [0.25, 0.3) is 0 Å². The van der Waals surface area contributed by atoms with Gasteiger partial charge in [0.15, 0.2) is 0 Å². The molecule has 0 bridgehead atoms. The van der Waals surface area contributed by atoms with Crippen LogP contribution in [0.15, 0.2) is 0 Å². The van der Waals surface area contributed by atoms with Crippen LogP contribution in [0.1, 0.15) is 51.4 Å². The number of unbranched alkanes of at least 4 members (excludes halogenated alkanes) is 4. The zero-order valence-electron chi connectivity index (χ0n) is 19.0. The molecule has 186 valence electrons. The van der Waals surface area contributed by atoms with Gasteiger partial charge in [-0.15, -0.1) is 11.6 Å². The number of amides is 2. The van der Waals surface area contributed by atoms with Gasteiger partial charge < -0.3 is 29.6 Å². The van der Waals surface area contributed by atoms with Gasteiger partial charge in [-0.05, 0) is 25.7 Å². The molecule has 0 aliphatic carbocycles. The smallest absolute Gasteiger partial charge is 0.315 e. The number of rotatable bonds is 20. The van der Waals surface area contributed by atoms with Gasteiger partial charge in [0.1, 0.15) is 6.61 Å². The van der Waals surface area contributed by atoms with Gasteiger partial charge in [0.05, 0.1) is 45.1 Å². The maximum Gasteiger partial charge on any atom is 0.315 e. The van der Waals surface area contributed by atoms with Crippen molar-refractivity contribution in [3.8, 4) is 0 Å². The second-order valence-electron chi connectivity index (χ2n) is 8.03. The van der Waals surface area contributed by atoms with E-state index >= 15 is 0 Å². The maximum atomic E-state index is 11.8. The highest BCUT2D eigenvalue weighted by Gasteiger charge is 2.42. The largest absolute Gasteiger partial charge is 0.463 e. The molecule has 3 atom stereocenters. The highest BCUT2D eigenvalue weighted by atomic mass is 35.5. The molecule has 0 radical (unpaired) electrons. The molecule has 0 aromatic rings. The normalized spacial score (nSPS) is 21.9. The van der Waals surface area contributed by atoms with E-state index in [-0.39, 0.29) is 30.7 Å². The zero-order chi connectivity index (χ0) is 22.9. The number of thioether (sulfide) groups is 1. The fourth-order valence-electron chi connectivity index (χ4n) is 3.74. The molecule has 10 heteroatoms. The third-order valence-corrected chi connectivity index (χ3v) is 7.24. The molecule has 0 saturated carbocycles. The highest BCUT2D eigenvalue weighted by Crippen LogP contribution is 2.33. The molecule has 8 nitrogen and oxygen atoms in total. The first-order valence-electron chi connectivity index (χ1n) is 11.8. The predicted molar refractivity (Wildman–Crippen MR) is 127 cm³/mol. The molecular formula is C22H39ClN2O6S. The summed E-state index contributed by atoms with van der Waals surface area (Å²) in [6.45, 7) is 3.55. The molecule has 0 aromatic heterocycles. The predicted octanol–water partition coefficient (Wildman–Crippen LogP) is 3.10. The lowest BCUT2D eigenvalue weighted by molar-refractivity contribution is -0.145. The topological polar surface area (TPSA) is 95.1 Å². The van der Waals surface area contributed by atoms with Crippen LogP contribution in [0.5, 0.6) is 0 Å². The first kappa shape index (κ1) is 27.5. The minimum Gasteiger partial charge on any atom is -0.463 e. The minimum absolute atomic E-state index is 0.0585. The second kappa shape index (κ2) is 17.7. The van der Waals surface area contributed by atoms with Crippen LogP contribution in [-0.4, -0.2) is 87.2 Å². The van der Waals surface area contributed by atoms with Crippen molar-refractivity contribution < 1.29 is 28.5 Å². The molecule has 2 aliphatic rings. The lowest BCUT2D eigenvalue weighted by Gasteiger charge is -2.16. The minimum atomic E-state index is -0.183. The van der Waals surface area contributed by atoms with Crippen LogP contribution in [-0.2, 0) is 23.7 Å². The van der Waals surface area contributed by atoms with Crippen molar-refractivity contribution in [1.29, 1.82) is 0 Å². The summed E-state index contributed by atoms with van der Waals surface area (Å²) in [5.41, 5.74) is 0. The molecule has 2 rings (SSSR count). The van der Waals surface area contributed by atoms with Crippen molar-refractivity contribution in [2.24, 2.45) is 0 Å². The number of nitrogens with one attached hydrogen (secondary N) is 2. The van der Waals surface area contributed by atoms with E-state index in [2.05, 4.69) is 10.6 Å². The van der Waals surface area contributed by atoms with Gasteiger partial charge in [-0.25, -0.2) is 4.79 Å². The first-order chi connectivity index (χ1) is 15.7. The van der Waals surface area contributed by atoms with Gasteiger partial charge >= 0.3 is 12.0 Å². The average molecular weight is 495 g/mol. The molecule has 0 aromatic carbocycles. The summed E-state index contributed by atoms with van der Waals surface area (Å²) in [6.07, 6.45) is 7.65. The van der Waals surface area contributed by atoms with E-state index < -0.39 is 0 Å². The number of alkyl halides is 1. The number of halogens is 1. The number of carbonyl (C=O) groups excluding carboxylic acids is 2. The third kappa shape index (κ3) is 11.9. The van der Waals surface area contributed by atoms with E-state index in [1.54, 1.807) is 0 Å². The Bertz CT molecular complexity index is 531. The van der Waals surface area contributed by atoms with Gasteiger partial charge in [-0.3, -0.25) is 4.79 Å². The summed E-state index contributed by atoms with van der Waals surface area (Å²) in [5, 5.41) is 6.37. The summed E-state index contributed by atoms with van der Waals surface area (Å²) in [4.78, 5) is 23.2. The molecule has 2 fully saturated rings. The van der Waals surface area contributed by atoms with Gasteiger partial charge in [0.2, 0.25) is 0 Å². The molecule has 3 unspecified atom stereocenters. The van der Waals surface area contributed by atoms with E-state index in [1.807, 2.05) is 11.8 Å². The standard InChI is InChI=1S/C22H39ClN2O6S/c23-9-5-1-2-6-10-28-11-12-29-13-14-30-15-16-31-20(26)8-4-3-7-19-21-18(17-32-19)24-22(27)25-21/h18-19,21H,1-17H2,(H2,24,25,27). The molecule has 2 N–H and O–H groups in total. The Kier molecular flexibility index (Phi) is 15.2. The van der Waals surface area contributed by atoms with Gasteiger partial charge in [-0.2, -0.15) is 11.8 Å². The Morgan fingerprint density at radius 1 is 0.875 bits per heavy atom. The highest BCUT2D eigenvalue weighted by molar-refractivity contribution is 8.00. The van der Waals surface area contributed by atoms with E-state index in [4.69, 9.17) is 30.5 Å². The van der Waals surface area contributed by atoms with E-state index in [1.165, 1.54) is 0 Å². The first-order valence-corrected chi connectivity index (χ1v) is 13.4. The summed E-state index contributed by atoms with van der Waals surface area (Å²) < 4.78 is 21.6. The fraction of sp³-hybridized carbons (Fsp3) is 0.909. The van der Waals surface area contributed by atoms with Gasteiger partial charge in [0.25, 0.3) is 0 Å². The van der Waals surface area contributed by atoms with Gasteiger partial charge in [-0.1, -0.05) is 19.3 Å². The Morgan fingerprint density at radius 3 is 2.31 bits per heavy atom. The Balaban J connectivity index is 1.28. The summed E-state index contributed by atoms with van der Waals surface area (Å²) in [5.74, 6) is 1.52. The average Bonchev–Trinajstić information content (AvgIpc) is 3.33. The van der Waals surface area contributed by atoms with E-state index in [9.17, 15) is 9.59 Å². The molecule has 2 aliphatic heterocycles. The van der Waals surface area contributed by atoms with Crippen molar-refractivity contribution in [3.05, 3.63) is 0 Å². The van der Waals surface area contributed by atoms with Crippen molar-refractivity contribution in [2.75, 3.05) is 57.9 Å². The Hall–Kier alpha value is -0.740. The van der Waals surface area contributed by atoms with Crippen LogP contribution >= 0.6 is 23.4 Å². The summed E-state index contributed by atoms with van der Waals surface area (Å²) >= 11 is 7.53. The number of ether oxygens (including phenoxy) is 4. The molecule has 2 amide bonds. The van der Waals surface area contributed by atoms with Crippen LogP contribution in [0, 0.1) is 0 Å². The fourth-order valence-corrected chi connectivity index (χ4v) is 5.47. The number of hydrogen-bond donors (Lipinski definition) is 2. The van der Waals surface area contributed by atoms with Crippen molar-refractivity contribution in [2.45, 2.75) is 68.7 Å². The Morgan fingerprint density at radius 2 is 1.56 bits per heavy atom. The number of hydrogen-bond acceptors (Lipinski definition) is 7. The lowest BCUT2D eigenvalue weighted by Crippen LogP contribution is -2.36. The SMILES string of the molecule is O=C1NC2CSC(CCCCC(=O)OCCOCCOCCOCCCCCCCl)C2N1. The maximum absolute atomic E-state index is 11.8. The summed E-state index contributed by atoms with van der Waals surface area (Å²) in [7, 11) is 0. The van der Waals surface area contributed by atoms with Crippen LogP contribution in [0.3, 0.4) is 0 Å². The van der Waals surface area contributed by atoms with Crippen LogP contribution < -0.4 is 10.6 Å². The molecule has 2 saturated heterocycles. The molecule has 32 heavy (non-hydrogen) atoms. The number of carbonyl (C=O) groups is 2. The van der Waals surface area contributed by atoms with Crippen molar-refractivity contribution in [3.63, 3.8) is 0 Å². The second-order valence-corrected chi connectivity index (χ2v) is 9.68. The lowest BCUT2D eigenvalue weighted by atomic mass is 10.0. The van der Waals surface area contributed by atoms with Crippen LogP contribution in [0.4, 0.5) is 4.79 Å². The van der Waals surface area contributed by atoms with Gasteiger partial charge in [0, 0.05) is 29.9 Å². The van der Waals surface area contributed by atoms with E-state index in [0.717, 1.165) is 63.2 Å². The molecule has 0 spiro atoms.